The first-order valence-corrected chi connectivity index (χ1v) is 34.8. The van der Waals surface area contributed by atoms with Gasteiger partial charge in [0.1, 0.15) is 0 Å². The first-order chi connectivity index (χ1) is 29.9. The third kappa shape index (κ3) is 11.5. The Labute approximate surface area is 373 Å². The molecule has 346 valence electrons. The van der Waals surface area contributed by atoms with E-state index < -0.39 is 45.5 Å². The van der Waals surface area contributed by atoms with Crippen LogP contribution in [0.2, 0.25) is 30.2 Å². The van der Waals surface area contributed by atoms with Gasteiger partial charge in [-0.3, -0.25) is 0 Å². The van der Waals surface area contributed by atoms with Crippen LogP contribution in [-0.4, -0.2) is 121 Å². The standard InChI is InChI=1S/C44H78O12Si5/c1-45-57(22-17-32-9-14-37-42(27-32)49-37)53-60(46-2,23-18-33-10-15-38-43(28-33)50-38)56-61(24-19-34-11-16-39-44(29-34)51-39)54-58(20-3-5-30-7-12-35-40(25-30)47-35)52-59(55-61)21-4-6-31-8-13-36-41(26-31)48-36/h30-44,57-59H,3-29H2,1-2H3. The van der Waals surface area contributed by atoms with E-state index in [4.69, 9.17) is 53.1 Å². The van der Waals surface area contributed by atoms with Gasteiger partial charge < -0.3 is 53.1 Å². The van der Waals surface area contributed by atoms with E-state index in [1.807, 2.05) is 14.2 Å². The molecule has 6 heterocycles. The second-order valence-corrected chi connectivity index (χ2v) is 35.3. The fourth-order valence-electron chi connectivity index (χ4n) is 13.1. The van der Waals surface area contributed by atoms with Crippen LogP contribution in [0.1, 0.15) is 141 Å². The van der Waals surface area contributed by atoms with Crippen LogP contribution in [-0.2, 0) is 53.1 Å². The van der Waals surface area contributed by atoms with Gasteiger partial charge in [-0.05, 0) is 163 Å². The molecule has 0 N–H and O–H groups in total. The number of epoxide rings is 5. The first-order valence-electron chi connectivity index (χ1n) is 25.6. The van der Waals surface area contributed by atoms with Gasteiger partial charge >= 0.3 is 45.5 Å². The highest BCUT2D eigenvalue weighted by molar-refractivity contribution is 6.85. The van der Waals surface area contributed by atoms with Gasteiger partial charge in [0.15, 0.2) is 0 Å². The molecule has 11 aliphatic rings. The number of fused-ring (bicyclic) bond motifs is 5. The van der Waals surface area contributed by atoms with E-state index in [1.54, 1.807) is 0 Å². The molecule has 12 nitrogen and oxygen atoms in total. The summed E-state index contributed by atoms with van der Waals surface area (Å²) in [6, 6.07) is 4.61. The number of hydrogen-bond acceptors (Lipinski definition) is 12. The molecule has 11 rings (SSSR count). The Morgan fingerprint density at radius 2 is 0.951 bits per heavy atom. The van der Waals surface area contributed by atoms with Crippen LogP contribution >= 0.6 is 0 Å². The summed E-state index contributed by atoms with van der Waals surface area (Å²) in [5.74, 6) is 3.39. The molecule has 0 aromatic heterocycles. The highest BCUT2D eigenvalue weighted by atomic mass is 28.5. The second-order valence-electron chi connectivity index (χ2n) is 21.7. The lowest BCUT2D eigenvalue weighted by Crippen LogP contribution is -2.66. The molecule has 0 radical (unpaired) electrons. The second kappa shape index (κ2) is 19.3. The average molecular weight is 940 g/mol. The maximum absolute atomic E-state index is 7.83. The summed E-state index contributed by atoms with van der Waals surface area (Å²) in [7, 11) is -9.34. The average Bonchev–Trinajstić information content (AvgIpc) is 4.05. The molecule has 5 saturated carbocycles. The van der Waals surface area contributed by atoms with Crippen molar-refractivity contribution in [3.05, 3.63) is 0 Å². The highest BCUT2D eigenvalue weighted by Gasteiger charge is 2.59. The van der Waals surface area contributed by atoms with Crippen molar-refractivity contribution in [1.82, 2.24) is 0 Å². The van der Waals surface area contributed by atoms with E-state index in [-0.39, 0.29) is 0 Å². The van der Waals surface area contributed by atoms with Crippen LogP contribution in [0.3, 0.4) is 0 Å². The molecule has 6 saturated heterocycles. The van der Waals surface area contributed by atoms with E-state index in [0.717, 1.165) is 87.0 Å². The van der Waals surface area contributed by atoms with Gasteiger partial charge in [0.05, 0.1) is 61.0 Å². The van der Waals surface area contributed by atoms with Gasteiger partial charge in [0, 0.05) is 26.3 Å². The van der Waals surface area contributed by atoms with Crippen molar-refractivity contribution in [1.29, 1.82) is 0 Å². The Kier molecular flexibility index (Phi) is 14.0. The molecule has 5 aliphatic carbocycles. The first kappa shape index (κ1) is 44.1. The quantitative estimate of drug-likeness (QED) is 0.0745. The molecule has 11 fully saturated rings. The fourth-order valence-corrected chi connectivity index (χ4v) is 34.9. The van der Waals surface area contributed by atoms with Crippen LogP contribution in [0.5, 0.6) is 0 Å². The van der Waals surface area contributed by atoms with Crippen molar-refractivity contribution in [3.8, 4) is 0 Å². The molecule has 0 aromatic rings. The van der Waals surface area contributed by atoms with Gasteiger partial charge in [-0.1, -0.05) is 25.7 Å². The molecular formula is C44H78O12Si5. The van der Waals surface area contributed by atoms with Gasteiger partial charge in [0.2, 0.25) is 0 Å². The third-order valence-corrected chi connectivity index (χ3v) is 35.2. The fraction of sp³-hybridized carbons (Fsp3) is 1.00. The summed E-state index contributed by atoms with van der Waals surface area (Å²) < 4.78 is 80.4. The van der Waals surface area contributed by atoms with Crippen molar-refractivity contribution in [3.63, 3.8) is 0 Å². The van der Waals surface area contributed by atoms with Crippen LogP contribution in [0, 0.1) is 29.6 Å². The van der Waals surface area contributed by atoms with Crippen molar-refractivity contribution in [2.24, 2.45) is 29.6 Å². The Hall–Kier alpha value is 0.604. The van der Waals surface area contributed by atoms with Crippen molar-refractivity contribution >= 4 is 45.5 Å². The van der Waals surface area contributed by atoms with E-state index in [9.17, 15) is 0 Å². The number of rotatable bonds is 23. The van der Waals surface area contributed by atoms with E-state index in [2.05, 4.69) is 0 Å². The smallest absolute Gasteiger partial charge is 0.420 e. The normalized spacial score (nSPS) is 48.0. The van der Waals surface area contributed by atoms with Gasteiger partial charge in [-0.25, -0.2) is 0 Å². The lowest BCUT2D eigenvalue weighted by molar-refractivity contribution is 0.111. The molecule has 0 amide bonds. The number of hydrogen-bond donors (Lipinski definition) is 0. The summed E-state index contributed by atoms with van der Waals surface area (Å²) in [6.45, 7) is 0. The highest BCUT2D eigenvalue weighted by Crippen LogP contribution is 2.47. The van der Waals surface area contributed by atoms with Crippen LogP contribution < -0.4 is 0 Å². The molecule has 61 heavy (non-hydrogen) atoms. The summed E-state index contributed by atoms with van der Waals surface area (Å²) in [4.78, 5) is 0. The zero-order valence-corrected chi connectivity index (χ0v) is 42.8. The number of ether oxygens (including phenoxy) is 5. The van der Waals surface area contributed by atoms with E-state index in [1.165, 1.54) is 96.3 Å². The Morgan fingerprint density at radius 1 is 0.525 bits per heavy atom. The lowest BCUT2D eigenvalue weighted by atomic mass is 9.86. The minimum Gasteiger partial charge on any atom is -0.420 e. The largest absolute Gasteiger partial charge is 0.484 e. The minimum absolute atomic E-state index is 0.441. The van der Waals surface area contributed by atoms with Crippen LogP contribution in [0.4, 0.5) is 0 Å². The minimum atomic E-state index is -3.35. The molecule has 19 unspecified atom stereocenters. The summed E-state index contributed by atoms with van der Waals surface area (Å²) in [5, 5.41) is 0. The topological polar surface area (TPSA) is 127 Å². The molecule has 0 bridgehead atoms. The van der Waals surface area contributed by atoms with E-state index in [0.29, 0.717) is 78.8 Å². The van der Waals surface area contributed by atoms with Crippen LogP contribution in [0.25, 0.3) is 0 Å². The lowest BCUT2D eigenvalue weighted by Gasteiger charge is -2.46. The zero-order valence-electron chi connectivity index (χ0n) is 37.4. The predicted molar refractivity (Wildman–Crippen MR) is 239 cm³/mol. The maximum atomic E-state index is 7.83. The molecule has 19 atom stereocenters. The SMILES string of the molecule is CO[SiH](CCC1CCC2OC2C1)O[Si](CCC1CCC2OC2C1)(OC)O[Si]1(CCC2CCC3OC3C2)O[SiH](CCCC2CCC3OC3C2)O[SiH](CCCC2CCC3OC3C2)O1. The Balaban J connectivity index is 0.827. The van der Waals surface area contributed by atoms with E-state index >= 15 is 0 Å². The van der Waals surface area contributed by atoms with Crippen molar-refractivity contribution < 1.29 is 53.1 Å². The summed E-state index contributed by atoms with van der Waals surface area (Å²) in [5.41, 5.74) is 0. The van der Waals surface area contributed by atoms with Gasteiger partial charge in [-0.15, -0.1) is 0 Å². The maximum Gasteiger partial charge on any atom is 0.484 e. The molecular weight excluding hydrogens is 861 g/mol. The van der Waals surface area contributed by atoms with Gasteiger partial charge in [-0.2, -0.15) is 0 Å². The van der Waals surface area contributed by atoms with Crippen molar-refractivity contribution in [2.75, 3.05) is 14.2 Å². The molecule has 0 aromatic carbocycles. The third-order valence-electron chi connectivity index (χ3n) is 17.3. The zero-order chi connectivity index (χ0) is 41.0. The molecule has 17 heteroatoms. The Morgan fingerprint density at radius 3 is 1.38 bits per heavy atom. The van der Waals surface area contributed by atoms with Crippen LogP contribution in [0.15, 0.2) is 0 Å². The molecule has 0 spiro atoms. The molecule has 6 aliphatic heterocycles. The van der Waals surface area contributed by atoms with Crippen molar-refractivity contribution in [2.45, 2.75) is 233 Å². The summed E-state index contributed by atoms with van der Waals surface area (Å²) in [6.07, 6.45) is 31.2. The monoisotopic (exact) mass is 938 g/mol. The summed E-state index contributed by atoms with van der Waals surface area (Å²) >= 11 is 0. The predicted octanol–water partition coefficient (Wildman–Crippen LogP) is 7.48. The van der Waals surface area contributed by atoms with Gasteiger partial charge in [0.25, 0.3) is 0 Å². The Bertz CT molecular complexity index is 1430.